The molecule has 2 aliphatic rings. The molecule has 0 spiro atoms. The highest BCUT2D eigenvalue weighted by atomic mass is 16.5. The zero-order valence-corrected chi connectivity index (χ0v) is 15.3. The molecular weight excluding hydrogens is 312 g/mol. The maximum Gasteiger partial charge on any atom is 0.407 e. The van der Waals surface area contributed by atoms with Gasteiger partial charge in [-0.3, -0.25) is 4.79 Å². The van der Waals surface area contributed by atoms with Crippen molar-refractivity contribution in [3.8, 4) is 0 Å². The van der Waals surface area contributed by atoms with Crippen LogP contribution in [0.5, 0.6) is 0 Å². The minimum Gasteiger partial charge on any atom is -0.480 e. The van der Waals surface area contributed by atoms with Crippen LogP contribution >= 0.6 is 0 Å². The summed E-state index contributed by atoms with van der Waals surface area (Å²) in [5, 5.41) is 12.2. The fraction of sp³-hybridized carbons (Fsp3) is 0.824. The maximum atomic E-state index is 13.0. The number of rotatable bonds is 4. The number of amides is 2. The first-order chi connectivity index (χ1) is 10.9. The molecule has 2 amide bonds. The third-order valence-corrected chi connectivity index (χ3v) is 5.40. The molecular formula is C17H28N2O5. The van der Waals surface area contributed by atoms with E-state index in [9.17, 15) is 19.5 Å². The van der Waals surface area contributed by atoms with Gasteiger partial charge in [0, 0.05) is 12.5 Å². The van der Waals surface area contributed by atoms with Gasteiger partial charge in [-0.05, 0) is 23.7 Å². The van der Waals surface area contributed by atoms with Crippen molar-refractivity contribution < 1.29 is 24.2 Å². The molecule has 136 valence electrons. The number of alkyl carbamates (subject to hydrolysis) is 1. The first-order valence-corrected chi connectivity index (χ1v) is 8.39. The van der Waals surface area contributed by atoms with E-state index < -0.39 is 29.6 Å². The van der Waals surface area contributed by atoms with E-state index in [4.69, 9.17) is 4.74 Å². The molecule has 1 heterocycles. The normalized spacial score (nSPS) is 28.8. The predicted molar refractivity (Wildman–Crippen MR) is 87.3 cm³/mol. The Morgan fingerprint density at radius 2 is 1.92 bits per heavy atom. The quantitative estimate of drug-likeness (QED) is 0.812. The summed E-state index contributed by atoms with van der Waals surface area (Å²) in [5.41, 5.74) is -0.610. The maximum absolute atomic E-state index is 13.0. The highest BCUT2D eigenvalue weighted by Gasteiger charge is 2.70. The predicted octanol–water partition coefficient (Wildman–Crippen LogP) is 1.71. The highest BCUT2D eigenvalue weighted by molar-refractivity contribution is 5.91. The first-order valence-electron chi connectivity index (χ1n) is 8.39. The third-order valence-electron chi connectivity index (χ3n) is 5.40. The number of piperidine rings is 1. The molecule has 2 fully saturated rings. The van der Waals surface area contributed by atoms with Crippen LogP contribution in [0.1, 0.15) is 41.5 Å². The number of likely N-dealkylation sites (tertiary alicyclic amines) is 1. The van der Waals surface area contributed by atoms with Gasteiger partial charge in [-0.2, -0.15) is 0 Å². The van der Waals surface area contributed by atoms with E-state index in [0.29, 0.717) is 6.54 Å². The molecule has 1 aliphatic heterocycles. The van der Waals surface area contributed by atoms with Gasteiger partial charge in [-0.1, -0.05) is 34.6 Å². The average Bonchev–Trinajstić information content (AvgIpc) is 2.83. The zero-order valence-electron chi connectivity index (χ0n) is 15.3. The molecule has 1 saturated heterocycles. The Hall–Kier alpha value is -1.79. The summed E-state index contributed by atoms with van der Waals surface area (Å²) in [6.07, 6.45) is -0.665. The smallest absolute Gasteiger partial charge is 0.407 e. The number of nitrogens with one attached hydrogen (secondary N) is 1. The van der Waals surface area contributed by atoms with Crippen molar-refractivity contribution in [2.45, 2.75) is 53.6 Å². The van der Waals surface area contributed by atoms with E-state index in [-0.39, 0.29) is 29.8 Å². The van der Waals surface area contributed by atoms with Gasteiger partial charge in [0.2, 0.25) is 5.91 Å². The molecule has 1 aliphatic carbocycles. The fourth-order valence-corrected chi connectivity index (χ4v) is 3.90. The van der Waals surface area contributed by atoms with Crippen LogP contribution < -0.4 is 5.32 Å². The van der Waals surface area contributed by atoms with E-state index in [2.05, 4.69) is 5.32 Å². The van der Waals surface area contributed by atoms with Crippen LogP contribution in [-0.4, -0.2) is 53.2 Å². The largest absolute Gasteiger partial charge is 0.480 e. The lowest BCUT2D eigenvalue weighted by Crippen LogP contribution is -2.58. The van der Waals surface area contributed by atoms with Crippen molar-refractivity contribution in [2.24, 2.45) is 22.7 Å². The summed E-state index contributed by atoms with van der Waals surface area (Å²) in [4.78, 5) is 38.0. The molecule has 0 radical (unpaired) electrons. The Bertz CT molecular complexity index is 552. The van der Waals surface area contributed by atoms with Gasteiger partial charge in [0.15, 0.2) is 0 Å². The van der Waals surface area contributed by atoms with Gasteiger partial charge in [-0.25, -0.2) is 9.59 Å². The topological polar surface area (TPSA) is 95.9 Å². The molecule has 0 aromatic heterocycles. The summed E-state index contributed by atoms with van der Waals surface area (Å²) in [7, 11) is 0. The van der Waals surface area contributed by atoms with Crippen LogP contribution in [0.3, 0.4) is 0 Å². The van der Waals surface area contributed by atoms with E-state index in [0.717, 1.165) is 0 Å². The van der Waals surface area contributed by atoms with Crippen molar-refractivity contribution in [1.29, 1.82) is 0 Å². The number of ether oxygens (including phenoxy) is 1. The van der Waals surface area contributed by atoms with E-state index in [1.54, 1.807) is 6.92 Å². The Morgan fingerprint density at radius 1 is 1.33 bits per heavy atom. The molecule has 4 atom stereocenters. The Kier molecular flexibility index (Phi) is 4.59. The highest BCUT2D eigenvalue weighted by Crippen LogP contribution is 2.64. The molecule has 0 unspecified atom stereocenters. The molecule has 7 heteroatoms. The van der Waals surface area contributed by atoms with Crippen LogP contribution in [0.25, 0.3) is 0 Å². The van der Waals surface area contributed by atoms with E-state index in [1.807, 2.05) is 34.6 Å². The van der Waals surface area contributed by atoms with Gasteiger partial charge in [-0.15, -0.1) is 0 Å². The lowest BCUT2D eigenvalue weighted by molar-refractivity contribution is -0.152. The summed E-state index contributed by atoms with van der Waals surface area (Å²) < 4.78 is 4.88. The molecule has 24 heavy (non-hydrogen) atoms. The lowest BCUT2D eigenvalue weighted by Gasteiger charge is -2.36. The van der Waals surface area contributed by atoms with Gasteiger partial charge in [0.25, 0.3) is 0 Å². The van der Waals surface area contributed by atoms with Crippen molar-refractivity contribution in [1.82, 2.24) is 10.2 Å². The average molecular weight is 340 g/mol. The molecule has 1 saturated carbocycles. The van der Waals surface area contributed by atoms with Gasteiger partial charge in [0.1, 0.15) is 12.1 Å². The molecule has 0 bridgehead atoms. The van der Waals surface area contributed by atoms with Crippen LogP contribution in [0.15, 0.2) is 0 Å². The Labute approximate surface area is 142 Å². The summed E-state index contributed by atoms with van der Waals surface area (Å²) >= 11 is 0. The van der Waals surface area contributed by atoms with Crippen molar-refractivity contribution in [2.75, 3.05) is 13.2 Å². The van der Waals surface area contributed by atoms with Gasteiger partial charge >= 0.3 is 12.1 Å². The zero-order chi connectivity index (χ0) is 18.4. The third kappa shape index (κ3) is 3.08. The van der Waals surface area contributed by atoms with Crippen LogP contribution in [0.2, 0.25) is 0 Å². The summed E-state index contributed by atoms with van der Waals surface area (Å²) in [5.74, 6) is -1.16. The minimum absolute atomic E-state index is 0.0258. The van der Waals surface area contributed by atoms with Crippen LogP contribution in [0, 0.1) is 22.7 Å². The number of fused-ring (bicyclic) bond motifs is 1. The second-order valence-corrected chi connectivity index (χ2v) is 8.39. The number of carbonyl (C=O) groups is 3. The molecule has 0 aromatic rings. The van der Waals surface area contributed by atoms with Crippen LogP contribution in [0.4, 0.5) is 4.79 Å². The second-order valence-electron chi connectivity index (χ2n) is 8.39. The molecule has 2 N–H and O–H groups in total. The Balaban J connectivity index is 2.21. The van der Waals surface area contributed by atoms with Gasteiger partial charge < -0.3 is 20.1 Å². The number of carbonyl (C=O) groups excluding carboxylic acids is 2. The minimum atomic E-state index is -0.981. The molecule has 0 aromatic carbocycles. The van der Waals surface area contributed by atoms with Gasteiger partial charge in [0.05, 0.1) is 6.61 Å². The van der Waals surface area contributed by atoms with E-state index >= 15 is 0 Å². The molecule has 2 rings (SSSR count). The van der Waals surface area contributed by atoms with Crippen LogP contribution in [-0.2, 0) is 14.3 Å². The lowest BCUT2D eigenvalue weighted by atomic mass is 9.85. The number of hydrogen-bond donors (Lipinski definition) is 2. The van der Waals surface area contributed by atoms with E-state index in [1.165, 1.54) is 4.90 Å². The number of hydrogen-bond acceptors (Lipinski definition) is 4. The summed E-state index contributed by atoms with van der Waals surface area (Å²) in [6, 6.07) is -1.66. The molecule has 7 nitrogen and oxygen atoms in total. The monoisotopic (exact) mass is 340 g/mol. The number of carboxylic acids is 1. The summed E-state index contributed by atoms with van der Waals surface area (Å²) in [6.45, 7) is 11.9. The first kappa shape index (κ1) is 18.5. The van der Waals surface area contributed by atoms with Crippen molar-refractivity contribution in [3.63, 3.8) is 0 Å². The SMILES string of the molecule is CCOC(=O)N[C@H](C(=O)N1C[C@H]2[C@@H]([C@H]1C(=O)O)C2(C)C)C(C)(C)C. The second kappa shape index (κ2) is 5.93. The van der Waals surface area contributed by atoms with Crippen molar-refractivity contribution in [3.05, 3.63) is 0 Å². The van der Waals surface area contributed by atoms with Crippen molar-refractivity contribution >= 4 is 18.0 Å². The number of carboxylic acid groups (broad SMARTS) is 1. The Morgan fingerprint density at radius 3 is 2.38 bits per heavy atom. The number of aliphatic carboxylic acids is 1. The number of nitrogens with zero attached hydrogens (tertiary/aromatic N) is 1. The standard InChI is InChI=1S/C17H28N2O5/c1-7-24-15(23)18-12(16(2,3)4)13(20)19-8-9-10(17(9,5)6)11(19)14(21)22/h9-12H,7-8H2,1-6H3,(H,18,23)(H,21,22)/t9-,10-,11-,12+/m0/s1. The fourth-order valence-electron chi connectivity index (χ4n) is 3.90.